The maximum absolute atomic E-state index is 3.39. The zero-order valence-electron chi connectivity index (χ0n) is 10.4. The molecule has 1 aliphatic rings. The quantitative estimate of drug-likeness (QED) is 0.831. The zero-order chi connectivity index (χ0) is 11.4. The van der Waals surface area contributed by atoms with Crippen LogP contribution in [0.4, 0.5) is 0 Å². The average Bonchev–Trinajstić information content (AvgIpc) is 2.32. The third kappa shape index (κ3) is 2.83. The van der Waals surface area contributed by atoms with Crippen LogP contribution < -0.4 is 5.32 Å². The number of nitrogens with one attached hydrogen (secondary N) is 1. The molecule has 1 aromatic rings. The van der Waals surface area contributed by atoms with Gasteiger partial charge in [0.25, 0.3) is 0 Å². The lowest BCUT2D eigenvalue weighted by Crippen LogP contribution is -2.44. The number of piperazine rings is 1. The van der Waals surface area contributed by atoms with E-state index in [2.05, 4.69) is 42.3 Å². The summed E-state index contributed by atoms with van der Waals surface area (Å²) in [5, 5.41) is 3.39. The van der Waals surface area contributed by atoms with E-state index >= 15 is 0 Å². The maximum Gasteiger partial charge on any atom is 0.0108 e. The smallest absolute Gasteiger partial charge is 0.0108 e. The summed E-state index contributed by atoms with van der Waals surface area (Å²) < 4.78 is 0. The molecule has 1 fully saturated rings. The van der Waals surface area contributed by atoms with Crippen LogP contribution >= 0.6 is 0 Å². The molecule has 2 heteroatoms. The summed E-state index contributed by atoms with van der Waals surface area (Å²) in [4.78, 5) is 2.55. The molecule has 1 heterocycles. The second kappa shape index (κ2) is 5.46. The molecule has 0 spiro atoms. The molecule has 0 atom stereocenters. The molecule has 16 heavy (non-hydrogen) atoms. The molecule has 0 bridgehead atoms. The summed E-state index contributed by atoms with van der Waals surface area (Å²) >= 11 is 0. The van der Waals surface area contributed by atoms with Gasteiger partial charge in [0, 0.05) is 32.7 Å². The lowest BCUT2D eigenvalue weighted by molar-refractivity contribution is 0.244. The molecule has 1 saturated heterocycles. The summed E-state index contributed by atoms with van der Waals surface area (Å²) in [7, 11) is 0. The Balaban J connectivity index is 1.91. The Kier molecular flexibility index (Phi) is 3.97. The Morgan fingerprint density at radius 3 is 2.69 bits per heavy atom. The van der Waals surface area contributed by atoms with Gasteiger partial charge in [-0.3, -0.25) is 0 Å². The van der Waals surface area contributed by atoms with Gasteiger partial charge in [-0.25, -0.2) is 0 Å². The molecule has 1 N–H and O–H groups in total. The predicted octanol–water partition coefficient (Wildman–Crippen LogP) is 1.75. The lowest BCUT2D eigenvalue weighted by atomic mass is 10.0. The van der Waals surface area contributed by atoms with Crippen molar-refractivity contribution < 1.29 is 0 Å². The van der Waals surface area contributed by atoms with E-state index in [4.69, 9.17) is 0 Å². The van der Waals surface area contributed by atoms with Crippen LogP contribution in [0.3, 0.4) is 0 Å². The molecule has 0 aromatic heterocycles. The van der Waals surface area contributed by atoms with Crippen LogP contribution in [0.25, 0.3) is 0 Å². The number of benzene rings is 1. The molecular formula is C14H22N2. The summed E-state index contributed by atoms with van der Waals surface area (Å²) in [5.74, 6) is 0. The fourth-order valence-corrected chi connectivity index (χ4v) is 2.30. The van der Waals surface area contributed by atoms with E-state index in [0.717, 1.165) is 13.1 Å². The fraction of sp³-hybridized carbons (Fsp3) is 0.571. The van der Waals surface area contributed by atoms with Crippen molar-refractivity contribution >= 4 is 0 Å². The lowest BCUT2D eigenvalue weighted by Gasteiger charge is -2.27. The van der Waals surface area contributed by atoms with Crippen LogP contribution in [0.15, 0.2) is 18.2 Å². The first kappa shape index (κ1) is 11.6. The number of aryl methyl sites for hydroxylation is 1. The fourth-order valence-electron chi connectivity index (χ4n) is 2.30. The second-order valence-corrected chi connectivity index (χ2v) is 4.70. The minimum atomic E-state index is 1.15. The van der Waals surface area contributed by atoms with Gasteiger partial charge < -0.3 is 10.2 Å². The summed E-state index contributed by atoms with van der Waals surface area (Å²) in [6, 6.07) is 6.64. The van der Waals surface area contributed by atoms with Gasteiger partial charge >= 0.3 is 0 Å². The summed E-state index contributed by atoms with van der Waals surface area (Å²) in [6.45, 7) is 10.3. The third-order valence-electron chi connectivity index (χ3n) is 3.62. The third-order valence-corrected chi connectivity index (χ3v) is 3.62. The van der Waals surface area contributed by atoms with Gasteiger partial charge in [-0.2, -0.15) is 0 Å². The van der Waals surface area contributed by atoms with Crippen molar-refractivity contribution in [3.05, 3.63) is 34.9 Å². The van der Waals surface area contributed by atoms with Crippen LogP contribution in [0.1, 0.15) is 16.7 Å². The van der Waals surface area contributed by atoms with Gasteiger partial charge in [-0.1, -0.05) is 18.2 Å². The number of hydrogen-bond donors (Lipinski definition) is 1. The SMILES string of the molecule is Cc1cccc(CCN2CCNCC2)c1C. The predicted molar refractivity (Wildman–Crippen MR) is 68.9 cm³/mol. The van der Waals surface area contributed by atoms with Gasteiger partial charge in [0.2, 0.25) is 0 Å². The standard InChI is InChI=1S/C14H22N2/c1-12-4-3-5-14(13(12)2)6-9-16-10-7-15-8-11-16/h3-5,15H,6-11H2,1-2H3. The van der Waals surface area contributed by atoms with E-state index < -0.39 is 0 Å². The van der Waals surface area contributed by atoms with Gasteiger partial charge in [-0.05, 0) is 37.0 Å². The van der Waals surface area contributed by atoms with Crippen molar-refractivity contribution in [2.45, 2.75) is 20.3 Å². The van der Waals surface area contributed by atoms with E-state index in [0.29, 0.717) is 0 Å². The van der Waals surface area contributed by atoms with Gasteiger partial charge in [0.1, 0.15) is 0 Å². The van der Waals surface area contributed by atoms with E-state index in [1.807, 2.05) is 0 Å². The van der Waals surface area contributed by atoms with Crippen LogP contribution in [-0.4, -0.2) is 37.6 Å². The molecule has 0 radical (unpaired) electrons. The molecule has 0 amide bonds. The molecule has 0 aliphatic carbocycles. The molecule has 0 unspecified atom stereocenters. The monoisotopic (exact) mass is 218 g/mol. The van der Waals surface area contributed by atoms with Crippen LogP contribution in [0.5, 0.6) is 0 Å². The number of nitrogens with zero attached hydrogens (tertiary/aromatic N) is 1. The van der Waals surface area contributed by atoms with Crippen molar-refractivity contribution in [2.75, 3.05) is 32.7 Å². The van der Waals surface area contributed by atoms with E-state index in [1.54, 1.807) is 0 Å². The Bertz CT molecular complexity index is 341. The van der Waals surface area contributed by atoms with E-state index in [-0.39, 0.29) is 0 Å². The van der Waals surface area contributed by atoms with Gasteiger partial charge in [0.15, 0.2) is 0 Å². The Hall–Kier alpha value is -0.860. The normalized spacial score (nSPS) is 17.6. The first-order chi connectivity index (χ1) is 7.77. The van der Waals surface area contributed by atoms with Crippen molar-refractivity contribution in [3.63, 3.8) is 0 Å². The second-order valence-electron chi connectivity index (χ2n) is 4.70. The molecule has 2 nitrogen and oxygen atoms in total. The molecule has 1 aliphatic heterocycles. The molecule has 0 saturated carbocycles. The van der Waals surface area contributed by atoms with E-state index in [1.165, 1.54) is 42.7 Å². The van der Waals surface area contributed by atoms with E-state index in [9.17, 15) is 0 Å². The highest BCUT2D eigenvalue weighted by Gasteiger charge is 2.09. The largest absolute Gasteiger partial charge is 0.314 e. The zero-order valence-corrected chi connectivity index (χ0v) is 10.4. The molecular weight excluding hydrogens is 196 g/mol. The molecule has 2 rings (SSSR count). The number of hydrogen-bond acceptors (Lipinski definition) is 2. The Morgan fingerprint density at radius 2 is 1.94 bits per heavy atom. The Morgan fingerprint density at radius 1 is 1.19 bits per heavy atom. The number of rotatable bonds is 3. The van der Waals surface area contributed by atoms with Gasteiger partial charge in [-0.15, -0.1) is 0 Å². The van der Waals surface area contributed by atoms with Crippen LogP contribution in [0.2, 0.25) is 0 Å². The maximum atomic E-state index is 3.39. The first-order valence-electron chi connectivity index (χ1n) is 6.25. The summed E-state index contributed by atoms with van der Waals surface area (Å²) in [6.07, 6.45) is 1.19. The van der Waals surface area contributed by atoms with Crippen LogP contribution in [0, 0.1) is 13.8 Å². The minimum Gasteiger partial charge on any atom is -0.314 e. The summed E-state index contributed by atoms with van der Waals surface area (Å²) in [5.41, 5.74) is 4.40. The minimum absolute atomic E-state index is 1.15. The van der Waals surface area contributed by atoms with Crippen LogP contribution in [-0.2, 0) is 6.42 Å². The highest BCUT2D eigenvalue weighted by Crippen LogP contribution is 2.13. The highest BCUT2D eigenvalue weighted by molar-refractivity contribution is 5.33. The Labute approximate surface area is 98.7 Å². The highest BCUT2D eigenvalue weighted by atomic mass is 15.2. The topological polar surface area (TPSA) is 15.3 Å². The molecule has 88 valence electrons. The first-order valence-corrected chi connectivity index (χ1v) is 6.25. The van der Waals surface area contributed by atoms with Crippen molar-refractivity contribution in [2.24, 2.45) is 0 Å². The van der Waals surface area contributed by atoms with Gasteiger partial charge in [0.05, 0.1) is 0 Å². The average molecular weight is 218 g/mol. The van der Waals surface area contributed by atoms with Crippen molar-refractivity contribution in [1.82, 2.24) is 10.2 Å². The van der Waals surface area contributed by atoms with Crippen molar-refractivity contribution in [1.29, 1.82) is 0 Å². The molecule has 1 aromatic carbocycles. The van der Waals surface area contributed by atoms with Crippen molar-refractivity contribution in [3.8, 4) is 0 Å².